The van der Waals surface area contributed by atoms with E-state index in [1.807, 2.05) is 12.1 Å². The van der Waals surface area contributed by atoms with E-state index in [-0.39, 0.29) is 22.2 Å². The van der Waals surface area contributed by atoms with Crippen LogP contribution in [0.5, 0.6) is 0 Å². The van der Waals surface area contributed by atoms with E-state index in [4.69, 9.17) is 11.6 Å². The molecule has 2 aromatic carbocycles. The van der Waals surface area contributed by atoms with Crippen LogP contribution in [0, 0.1) is 0 Å². The normalized spacial score (nSPS) is 16.8. The average Bonchev–Trinajstić information content (AvgIpc) is 3.01. The molecule has 2 aromatic rings. The van der Waals surface area contributed by atoms with Crippen molar-refractivity contribution in [3.8, 4) is 0 Å². The SMILES string of the molecule is O=C1Cc2cc(S(=O)(=O)Nc3ccccc3N3CCCCC3)c(Cl)cc2N1. The number of nitrogens with zero attached hydrogens (tertiary/aromatic N) is 1. The molecule has 0 atom stereocenters. The minimum absolute atomic E-state index is 0.0205. The summed E-state index contributed by atoms with van der Waals surface area (Å²) >= 11 is 6.21. The Kier molecular flexibility index (Phi) is 4.74. The Hall–Kier alpha value is -2.25. The number of anilines is 3. The Morgan fingerprint density at radius 2 is 1.81 bits per heavy atom. The zero-order valence-corrected chi connectivity index (χ0v) is 16.2. The summed E-state index contributed by atoms with van der Waals surface area (Å²) in [6.45, 7) is 1.82. The molecule has 2 N–H and O–H groups in total. The summed E-state index contributed by atoms with van der Waals surface area (Å²) in [5.74, 6) is -0.168. The lowest BCUT2D eigenvalue weighted by Gasteiger charge is -2.30. The van der Waals surface area contributed by atoms with Crippen molar-refractivity contribution < 1.29 is 13.2 Å². The first-order chi connectivity index (χ1) is 12.9. The molecule has 0 saturated carbocycles. The van der Waals surface area contributed by atoms with Crippen LogP contribution in [0.3, 0.4) is 0 Å². The molecule has 0 bridgehead atoms. The zero-order valence-electron chi connectivity index (χ0n) is 14.7. The van der Waals surface area contributed by atoms with Gasteiger partial charge in [0.1, 0.15) is 4.90 Å². The third-order valence-electron chi connectivity index (χ3n) is 4.92. The molecule has 0 aliphatic carbocycles. The van der Waals surface area contributed by atoms with Crippen LogP contribution in [0.2, 0.25) is 5.02 Å². The summed E-state index contributed by atoms with van der Waals surface area (Å²) in [5.41, 5.74) is 2.60. The predicted octanol–water partition coefficient (Wildman–Crippen LogP) is 3.63. The number of hydrogen-bond acceptors (Lipinski definition) is 4. The number of halogens is 1. The fraction of sp³-hybridized carbons (Fsp3) is 0.316. The quantitative estimate of drug-likeness (QED) is 0.814. The Morgan fingerprint density at radius 3 is 2.59 bits per heavy atom. The highest BCUT2D eigenvalue weighted by atomic mass is 35.5. The molecule has 0 unspecified atom stereocenters. The molecule has 142 valence electrons. The number of piperidine rings is 1. The molecule has 1 fully saturated rings. The van der Waals surface area contributed by atoms with E-state index in [0.717, 1.165) is 31.6 Å². The van der Waals surface area contributed by atoms with Crippen LogP contribution >= 0.6 is 11.6 Å². The van der Waals surface area contributed by atoms with Crippen molar-refractivity contribution in [3.05, 3.63) is 47.0 Å². The van der Waals surface area contributed by atoms with Crippen molar-refractivity contribution in [2.24, 2.45) is 0 Å². The minimum atomic E-state index is -3.89. The number of para-hydroxylation sites is 2. The van der Waals surface area contributed by atoms with Gasteiger partial charge in [0.05, 0.1) is 22.8 Å². The topological polar surface area (TPSA) is 78.5 Å². The van der Waals surface area contributed by atoms with Gasteiger partial charge in [-0.25, -0.2) is 8.42 Å². The van der Waals surface area contributed by atoms with E-state index < -0.39 is 10.0 Å². The second-order valence-corrected chi connectivity index (χ2v) is 8.89. The largest absolute Gasteiger partial charge is 0.370 e. The summed E-state index contributed by atoms with van der Waals surface area (Å²) in [7, 11) is -3.89. The fourth-order valence-corrected chi connectivity index (χ4v) is 5.26. The third kappa shape index (κ3) is 3.61. The monoisotopic (exact) mass is 405 g/mol. The minimum Gasteiger partial charge on any atom is -0.370 e. The van der Waals surface area contributed by atoms with Gasteiger partial charge in [-0.2, -0.15) is 0 Å². The summed E-state index contributed by atoms with van der Waals surface area (Å²) in [5, 5.41) is 2.76. The lowest BCUT2D eigenvalue weighted by Crippen LogP contribution is -2.30. The van der Waals surface area contributed by atoms with Gasteiger partial charge in [-0.05, 0) is 49.1 Å². The number of carbonyl (C=O) groups is 1. The highest BCUT2D eigenvalue weighted by molar-refractivity contribution is 7.92. The van der Waals surface area contributed by atoms with Gasteiger partial charge >= 0.3 is 0 Å². The van der Waals surface area contributed by atoms with Crippen LogP contribution in [0.1, 0.15) is 24.8 Å². The van der Waals surface area contributed by atoms with E-state index in [9.17, 15) is 13.2 Å². The van der Waals surface area contributed by atoms with E-state index >= 15 is 0 Å². The first-order valence-corrected chi connectivity index (χ1v) is 10.8. The van der Waals surface area contributed by atoms with E-state index in [2.05, 4.69) is 14.9 Å². The molecule has 27 heavy (non-hydrogen) atoms. The average molecular weight is 406 g/mol. The lowest BCUT2D eigenvalue weighted by atomic mass is 10.1. The van der Waals surface area contributed by atoms with Crippen molar-refractivity contribution in [1.29, 1.82) is 0 Å². The maximum Gasteiger partial charge on any atom is 0.263 e. The van der Waals surface area contributed by atoms with Crippen LogP contribution in [0.4, 0.5) is 17.1 Å². The zero-order chi connectivity index (χ0) is 19.0. The molecule has 0 radical (unpaired) electrons. The number of amides is 1. The van der Waals surface area contributed by atoms with Crippen LogP contribution in [0.25, 0.3) is 0 Å². The first kappa shape index (κ1) is 18.1. The van der Waals surface area contributed by atoms with Gasteiger partial charge in [-0.1, -0.05) is 23.7 Å². The molecule has 8 heteroatoms. The summed E-state index contributed by atoms with van der Waals surface area (Å²) in [6, 6.07) is 10.4. The molecule has 4 rings (SSSR count). The molecule has 0 spiro atoms. The Morgan fingerprint density at radius 1 is 1.07 bits per heavy atom. The molecule has 1 saturated heterocycles. The first-order valence-electron chi connectivity index (χ1n) is 8.93. The molecule has 1 amide bonds. The maximum absolute atomic E-state index is 13.0. The van der Waals surface area contributed by atoms with Gasteiger partial charge in [0, 0.05) is 18.8 Å². The molecular weight excluding hydrogens is 386 g/mol. The number of sulfonamides is 1. The number of hydrogen-bond donors (Lipinski definition) is 2. The number of benzene rings is 2. The summed E-state index contributed by atoms with van der Waals surface area (Å²) < 4.78 is 28.7. The fourth-order valence-electron chi connectivity index (χ4n) is 3.60. The summed E-state index contributed by atoms with van der Waals surface area (Å²) in [6.07, 6.45) is 3.54. The van der Waals surface area contributed by atoms with Gasteiger partial charge in [-0.15, -0.1) is 0 Å². The van der Waals surface area contributed by atoms with Gasteiger partial charge < -0.3 is 10.2 Å². The van der Waals surface area contributed by atoms with E-state index in [0.29, 0.717) is 16.9 Å². The molecular formula is C19H20ClN3O3S. The smallest absolute Gasteiger partial charge is 0.263 e. The molecule has 2 aliphatic rings. The van der Waals surface area contributed by atoms with Crippen LogP contribution in [0.15, 0.2) is 41.3 Å². The predicted molar refractivity (Wildman–Crippen MR) is 107 cm³/mol. The molecule has 2 aliphatic heterocycles. The highest BCUT2D eigenvalue weighted by Gasteiger charge is 2.26. The second kappa shape index (κ2) is 7.05. The van der Waals surface area contributed by atoms with E-state index in [1.165, 1.54) is 18.6 Å². The van der Waals surface area contributed by atoms with Crippen molar-refractivity contribution in [3.63, 3.8) is 0 Å². The van der Waals surface area contributed by atoms with Gasteiger partial charge in [-0.3, -0.25) is 9.52 Å². The Balaban J connectivity index is 1.67. The summed E-state index contributed by atoms with van der Waals surface area (Å²) in [4.78, 5) is 13.7. The number of nitrogens with one attached hydrogen (secondary N) is 2. The maximum atomic E-state index is 13.0. The highest BCUT2D eigenvalue weighted by Crippen LogP contribution is 2.35. The molecule has 2 heterocycles. The van der Waals surface area contributed by atoms with Gasteiger partial charge in [0.15, 0.2) is 0 Å². The standard InChI is InChI=1S/C19H20ClN3O3S/c20-14-12-16-13(11-19(24)21-16)10-18(14)27(25,26)22-15-6-2-3-7-17(15)23-8-4-1-5-9-23/h2-3,6-7,10,12,22H,1,4-5,8-9,11H2,(H,21,24). The van der Waals surface area contributed by atoms with Crippen molar-refractivity contribution in [2.45, 2.75) is 30.6 Å². The third-order valence-corrected chi connectivity index (χ3v) is 6.75. The molecule has 6 nitrogen and oxygen atoms in total. The molecule has 0 aromatic heterocycles. The number of fused-ring (bicyclic) bond motifs is 1. The van der Waals surface area contributed by atoms with E-state index in [1.54, 1.807) is 12.1 Å². The number of carbonyl (C=O) groups excluding carboxylic acids is 1. The van der Waals surface area contributed by atoms with Crippen molar-refractivity contribution >= 4 is 44.6 Å². The van der Waals surface area contributed by atoms with Crippen LogP contribution in [-0.2, 0) is 21.2 Å². The Labute approximate surface area is 163 Å². The second-order valence-electron chi connectivity index (χ2n) is 6.84. The van der Waals surface area contributed by atoms with Gasteiger partial charge in [0.2, 0.25) is 5.91 Å². The van der Waals surface area contributed by atoms with Crippen molar-refractivity contribution in [2.75, 3.05) is 28.0 Å². The van der Waals surface area contributed by atoms with Gasteiger partial charge in [0.25, 0.3) is 10.0 Å². The van der Waals surface area contributed by atoms with Crippen molar-refractivity contribution in [1.82, 2.24) is 0 Å². The Bertz CT molecular complexity index is 1000. The lowest BCUT2D eigenvalue weighted by molar-refractivity contribution is -0.115. The number of rotatable bonds is 4. The van der Waals surface area contributed by atoms with Crippen LogP contribution in [-0.4, -0.2) is 27.4 Å². The van der Waals surface area contributed by atoms with Crippen LogP contribution < -0.4 is 14.9 Å².